The second kappa shape index (κ2) is 15.8. The molecule has 0 saturated heterocycles. The van der Waals surface area contributed by atoms with Crippen LogP contribution in [-0.2, 0) is 0 Å². The lowest BCUT2D eigenvalue weighted by Crippen LogP contribution is -1.95. The number of nitrogens with two attached hydrogens (primary N) is 2. The zero-order chi connectivity index (χ0) is 7.15. The maximum absolute atomic E-state index is 9.09. The zero-order valence-electron chi connectivity index (χ0n) is 5.28. The highest BCUT2D eigenvalue weighted by Crippen LogP contribution is 1.61. The summed E-state index contributed by atoms with van der Waals surface area (Å²) in [7, 11) is 0. The third kappa shape index (κ3) is 1680. The highest BCUT2D eigenvalue weighted by Gasteiger charge is 1.63. The van der Waals surface area contributed by atoms with Gasteiger partial charge in [-0.25, -0.2) is 0 Å². The topological polar surface area (TPSA) is 156 Å². The molecule has 0 radical (unpaired) electrons. The van der Waals surface area contributed by atoms with Crippen LogP contribution in [0.25, 0.3) is 0 Å². The van der Waals surface area contributed by atoms with Crippen LogP contribution in [0, 0.1) is 0 Å². The summed E-state index contributed by atoms with van der Waals surface area (Å²) in [5.74, 6) is 0. The van der Waals surface area contributed by atoms with E-state index in [1.807, 2.05) is 0 Å². The quantitative estimate of drug-likeness (QED) is 0.302. The molecule has 6 nitrogen and oxygen atoms in total. The molecular weight excluding hydrogens is 176 g/mol. The first-order valence-corrected chi connectivity index (χ1v) is 2.33. The SMILES string of the molecule is N.N.NC(=O)S.NC(=O)S. The van der Waals surface area contributed by atoms with Crippen molar-refractivity contribution in [2.75, 3.05) is 0 Å². The Labute approximate surface area is 69.7 Å². The maximum Gasteiger partial charge on any atom is 0.273 e. The number of amides is 2. The summed E-state index contributed by atoms with van der Waals surface area (Å²) >= 11 is 6.21. The monoisotopic (exact) mass is 188 g/mol. The van der Waals surface area contributed by atoms with Crippen LogP contribution in [0.3, 0.4) is 0 Å². The van der Waals surface area contributed by atoms with Crippen LogP contribution in [0.15, 0.2) is 0 Å². The van der Waals surface area contributed by atoms with E-state index in [4.69, 9.17) is 9.59 Å². The summed E-state index contributed by atoms with van der Waals surface area (Å²) in [6.07, 6.45) is 0. The second-order valence-corrected chi connectivity index (χ2v) is 1.56. The van der Waals surface area contributed by atoms with E-state index < -0.39 is 10.5 Å². The Bertz CT molecular complexity index is 77.3. The molecule has 0 aliphatic carbocycles. The molecule has 0 spiro atoms. The summed E-state index contributed by atoms with van der Waals surface area (Å²) in [6, 6.07) is 0. The minimum atomic E-state index is -0.639. The van der Waals surface area contributed by atoms with E-state index in [0.29, 0.717) is 0 Å². The van der Waals surface area contributed by atoms with E-state index >= 15 is 0 Å². The number of rotatable bonds is 0. The van der Waals surface area contributed by atoms with E-state index in [0.717, 1.165) is 0 Å². The van der Waals surface area contributed by atoms with E-state index in [2.05, 4.69) is 36.7 Å². The standard InChI is InChI=1S/2CH3NOS.2H3N/c2*2-1(3)4;;/h2*(H3,2,3,4);2*1H3. The van der Waals surface area contributed by atoms with Crippen LogP contribution < -0.4 is 23.8 Å². The molecule has 0 aromatic carbocycles. The molecule has 0 aliphatic heterocycles. The van der Waals surface area contributed by atoms with Gasteiger partial charge in [0.15, 0.2) is 0 Å². The van der Waals surface area contributed by atoms with Gasteiger partial charge in [0.1, 0.15) is 0 Å². The summed E-state index contributed by atoms with van der Waals surface area (Å²) in [4.78, 5) is 18.2. The molecule has 8 heteroatoms. The van der Waals surface area contributed by atoms with E-state index in [9.17, 15) is 0 Å². The fourth-order valence-corrected chi connectivity index (χ4v) is 0. The van der Waals surface area contributed by atoms with Crippen LogP contribution >= 0.6 is 25.3 Å². The van der Waals surface area contributed by atoms with Crippen molar-refractivity contribution in [1.82, 2.24) is 12.3 Å². The lowest BCUT2D eigenvalue weighted by molar-refractivity contribution is 0.266. The predicted molar refractivity (Wildman–Crippen MR) is 47.2 cm³/mol. The molecular formula is C2H12N4O2S2. The minimum Gasteiger partial charge on any atom is -0.361 e. The van der Waals surface area contributed by atoms with Crippen molar-refractivity contribution in [3.63, 3.8) is 0 Å². The summed E-state index contributed by atoms with van der Waals surface area (Å²) in [5.41, 5.74) is 8.67. The third-order valence-corrected chi connectivity index (χ3v) is 0. The van der Waals surface area contributed by atoms with Gasteiger partial charge in [-0.1, -0.05) is 25.3 Å². The van der Waals surface area contributed by atoms with Crippen molar-refractivity contribution < 1.29 is 9.59 Å². The van der Waals surface area contributed by atoms with Crippen LogP contribution in [0.4, 0.5) is 9.59 Å². The highest BCUT2D eigenvalue weighted by atomic mass is 32.1. The van der Waals surface area contributed by atoms with E-state index in [1.165, 1.54) is 0 Å². The Hall–Kier alpha value is -0.440. The number of hydrogen-bond acceptors (Lipinski definition) is 4. The number of thiol groups is 2. The molecule has 0 aromatic rings. The summed E-state index contributed by atoms with van der Waals surface area (Å²) in [5, 5.41) is -1.28. The first kappa shape index (κ1) is 22.7. The number of primary amides is 2. The average molecular weight is 188 g/mol. The Balaban J connectivity index is -0.0000000300. The van der Waals surface area contributed by atoms with Gasteiger partial charge >= 0.3 is 0 Å². The predicted octanol–water partition coefficient (Wildman–Crippen LogP) is 0.314. The molecule has 64 valence electrons. The van der Waals surface area contributed by atoms with Crippen molar-refractivity contribution in [1.29, 1.82) is 0 Å². The number of hydrogen-bond donors (Lipinski definition) is 6. The largest absolute Gasteiger partial charge is 0.361 e. The molecule has 10 N–H and O–H groups in total. The van der Waals surface area contributed by atoms with Crippen molar-refractivity contribution in [3.8, 4) is 0 Å². The van der Waals surface area contributed by atoms with Gasteiger partial charge in [0, 0.05) is 0 Å². The van der Waals surface area contributed by atoms with Crippen LogP contribution in [0.5, 0.6) is 0 Å². The Morgan fingerprint density at radius 1 is 0.900 bits per heavy atom. The molecule has 0 bridgehead atoms. The fraction of sp³-hybridized carbons (Fsp3) is 0. The van der Waals surface area contributed by atoms with Gasteiger partial charge in [-0.3, -0.25) is 9.59 Å². The fourth-order valence-electron chi connectivity index (χ4n) is 0. The van der Waals surface area contributed by atoms with Gasteiger partial charge in [-0.05, 0) is 0 Å². The third-order valence-electron chi connectivity index (χ3n) is 0. The Morgan fingerprint density at radius 3 is 0.900 bits per heavy atom. The van der Waals surface area contributed by atoms with Gasteiger partial charge < -0.3 is 23.8 Å². The molecule has 0 unspecified atom stereocenters. The zero-order valence-corrected chi connectivity index (χ0v) is 7.07. The molecule has 2 amide bonds. The average Bonchev–Trinajstić information content (AvgIpc) is 1.25. The number of carbonyl (C=O) groups is 2. The lowest BCUT2D eigenvalue weighted by Gasteiger charge is -1.59. The molecule has 0 saturated carbocycles. The van der Waals surface area contributed by atoms with Crippen LogP contribution in [0.1, 0.15) is 0 Å². The van der Waals surface area contributed by atoms with Crippen molar-refractivity contribution in [2.24, 2.45) is 11.5 Å². The molecule has 0 atom stereocenters. The maximum atomic E-state index is 9.09. The smallest absolute Gasteiger partial charge is 0.273 e. The van der Waals surface area contributed by atoms with E-state index in [-0.39, 0.29) is 12.3 Å². The molecule has 10 heavy (non-hydrogen) atoms. The van der Waals surface area contributed by atoms with E-state index in [1.54, 1.807) is 0 Å². The van der Waals surface area contributed by atoms with Crippen molar-refractivity contribution in [3.05, 3.63) is 0 Å². The van der Waals surface area contributed by atoms with Crippen molar-refractivity contribution >= 4 is 35.7 Å². The summed E-state index contributed by atoms with van der Waals surface area (Å²) in [6.45, 7) is 0. The van der Waals surface area contributed by atoms with Crippen molar-refractivity contribution in [2.45, 2.75) is 0 Å². The van der Waals surface area contributed by atoms with Gasteiger partial charge in [-0.15, -0.1) is 0 Å². The number of carbonyl (C=O) groups excluding carboxylic acids is 2. The minimum absolute atomic E-state index is 0. The van der Waals surface area contributed by atoms with Gasteiger partial charge in [0.2, 0.25) is 0 Å². The second-order valence-electron chi connectivity index (χ2n) is 0.676. The van der Waals surface area contributed by atoms with Gasteiger partial charge in [0.05, 0.1) is 0 Å². The highest BCUT2D eigenvalue weighted by molar-refractivity contribution is 7.96. The van der Waals surface area contributed by atoms with Crippen LogP contribution in [0.2, 0.25) is 0 Å². The molecule has 0 rings (SSSR count). The molecule has 0 heterocycles. The summed E-state index contributed by atoms with van der Waals surface area (Å²) < 4.78 is 0. The molecule has 0 aliphatic rings. The Kier molecular flexibility index (Phi) is 35.9. The van der Waals surface area contributed by atoms with Gasteiger partial charge in [0.25, 0.3) is 10.5 Å². The lowest BCUT2D eigenvalue weighted by atomic mass is 11.5. The molecule has 0 fully saturated rings. The van der Waals surface area contributed by atoms with Crippen LogP contribution in [-0.4, -0.2) is 10.5 Å². The first-order valence-electron chi connectivity index (χ1n) is 1.43. The first-order chi connectivity index (χ1) is 3.46. The normalized spacial score (nSPS) is 5.00. The Morgan fingerprint density at radius 2 is 0.900 bits per heavy atom. The van der Waals surface area contributed by atoms with Gasteiger partial charge in [-0.2, -0.15) is 0 Å². The molecule has 0 aromatic heterocycles.